The number of nitrogens with zero attached hydrogens (tertiary/aromatic N) is 1. The number of pyridine rings is 1. The Morgan fingerprint density at radius 2 is 2.12 bits per heavy atom. The summed E-state index contributed by atoms with van der Waals surface area (Å²) in [5.74, 6) is -0.179. The van der Waals surface area contributed by atoms with E-state index in [9.17, 15) is 22.8 Å². The van der Waals surface area contributed by atoms with E-state index >= 15 is 0 Å². The van der Waals surface area contributed by atoms with Crippen LogP contribution in [-0.2, 0) is 18.0 Å². The number of carbonyl (C=O) groups excluding carboxylic acids is 1. The molecule has 0 amide bonds. The minimum atomic E-state index is -4.74. The third-order valence-corrected chi connectivity index (χ3v) is 1.78. The molecule has 0 radical (unpaired) electrons. The molecular formula is C9H8F3NO3. The zero-order valence-corrected chi connectivity index (χ0v) is 8.25. The quantitative estimate of drug-likeness (QED) is 0.734. The highest BCUT2D eigenvalue weighted by molar-refractivity contribution is 5.51. The fraction of sp³-hybridized carbons (Fsp3) is 0.333. The van der Waals surface area contributed by atoms with Crippen LogP contribution in [0.15, 0.2) is 17.1 Å². The zero-order chi connectivity index (χ0) is 12.3. The highest BCUT2D eigenvalue weighted by atomic mass is 19.4. The number of aromatic nitrogens is 1. The summed E-state index contributed by atoms with van der Waals surface area (Å²) >= 11 is 0. The number of ether oxygens (including phenoxy) is 1. The van der Waals surface area contributed by atoms with Crippen molar-refractivity contribution in [3.63, 3.8) is 0 Å². The van der Waals surface area contributed by atoms with E-state index < -0.39 is 17.3 Å². The van der Waals surface area contributed by atoms with Gasteiger partial charge >= 0.3 is 6.18 Å². The van der Waals surface area contributed by atoms with Crippen LogP contribution in [0.3, 0.4) is 0 Å². The van der Waals surface area contributed by atoms with Gasteiger partial charge in [-0.1, -0.05) is 0 Å². The SMILES string of the molecule is Cn1cc(OCC=O)cc(C(F)(F)F)c1=O. The van der Waals surface area contributed by atoms with Crippen LogP contribution >= 0.6 is 0 Å². The molecule has 1 aromatic heterocycles. The lowest BCUT2D eigenvalue weighted by molar-refractivity contribution is -0.139. The highest BCUT2D eigenvalue weighted by Crippen LogP contribution is 2.28. The molecule has 0 spiro atoms. The molecule has 16 heavy (non-hydrogen) atoms. The first-order valence-corrected chi connectivity index (χ1v) is 4.20. The third-order valence-electron chi connectivity index (χ3n) is 1.78. The number of carbonyl (C=O) groups is 1. The molecule has 0 N–H and O–H groups in total. The Bertz CT molecular complexity index is 450. The minimum absolute atomic E-state index is 0.179. The fourth-order valence-corrected chi connectivity index (χ4v) is 1.09. The predicted molar refractivity (Wildman–Crippen MR) is 48.2 cm³/mol. The lowest BCUT2D eigenvalue weighted by Crippen LogP contribution is -2.26. The summed E-state index contributed by atoms with van der Waals surface area (Å²) in [7, 11) is 1.17. The lowest BCUT2D eigenvalue weighted by atomic mass is 10.2. The molecule has 0 aliphatic carbocycles. The second-order valence-electron chi connectivity index (χ2n) is 2.98. The molecule has 7 heteroatoms. The number of alkyl halides is 3. The Hall–Kier alpha value is -1.79. The van der Waals surface area contributed by atoms with Gasteiger partial charge in [0.15, 0.2) is 6.29 Å². The van der Waals surface area contributed by atoms with Crippen molar-refractivity contribution in [2.45, 2.75) is 6.18 Å². The summed E-state index contributed by atoms with van der Waals surface area (Å²) in [6, 6.07) is 0.575. The van der Waals surface area contributed by atoms with Crippen molar-refractivity contribution in [1.82, 2.24) is 4.57 Å². The Balaban J connectivity index is 3.22. The maximum Gasteiger partial charge on any atom is 0.421 e. The van der Waals surface area contributed by atoms with Gasteiger partial charge < -0.3 is 9.30 Å². The lowest BCUT2D eigenvalue weighted by Gasteiger charge is -2.10. The summed E-state index contributed by atoms with van der Waals surface area (Å²) in [6.07, 6.45) is -3.26. The van der Waals surface area contributed by atoms with Gasteiger partial charge in [-0.05, 0) is 6.07 Å². The van der Waals surface area contributed by atoms with E-state index in [1.807, 2.05) is 0 Å². The number of aryl methyl sites for hydroxylation is 1. The van der Waals surface area contributed by atoms with Crippen molar-refractivity contribution < 1.29 is 22.7 Å². The van der Waals surface area contributed by atoms with Crippen LogP contribution in [0.25, 0.3) is 0 Å². The van der Waals surface area contributed by atoms with Gasteiger partial charge in [0.25, 0.3) is 5.56 Å². The Labute approximate surface area is 88.3 Å². The Morgan fingerprint density at radius 1 is 1.50 bits per heavy atom. The predicted octanol–water partition coefficient (Wildman–Crippen LogP) is 0.982. The summed E-state index contributed by atoms with van der Waals surface area (Å²) in [5, 5.41) is 0. The topological polar surface area (TPSA) is 48.3 Å². The average molecular weight is 235 g/mol. The highest BCUT2D eigenvalue weighted by Gasteiger charge is 2.34. The number of rotatable bonds is 3. The van der Waals surface area contributed by atoms with Crippen LogP contribution < -0.4 is 10.3 Å². The summed E-state index contributed by atoms with van der Waals surface area (Å²) in [5.41, 5.74) is -2.48. The molecule has 0 saturated heterocycles. The van der Waals surface area contributed by atoms with Gasteiger partial charge in [-0.2, -0.15) is 13.2 Å². The summed E-state index contributed by atoms with van der Waals surface area (Å²) in [6.45, 7) is -0.366. The van der Waals surface area contributed by atoms with Gasteiger partial charge in [0, 0.05) is 13.2 Å². The molecule has 0 aromatic carbocycles. The van der Waals surface area contributed by atoms with E-state index in [1.165, 1.54) is 7.05 Å². The van der Waals surface area contributed by atoms with E-state index in [1.54, 1.807) is 0 Å². The standard InChI is InChI=1S/C9H8F3NO3/c1-13-5-6(16-3-2-14)4-7(8(13)15)9(10,11)12/h2,4-5H,3H2,1H3. The summed E-state index contributed by atoms with van der Waals surface area (Å²) in [4.78, 5) is 21.2. The van der Waals surface area contributed by atoms with E-state index in [0.29, 0.717) is 12.4 Å². The maximum absolute atomic E-state index is 12.4. The Morgan fingerprint density at radius 3 is 2.62 bits per heavy atom. The molecule has 0 saturated carbocycles. The molecule has 0 fully saturated rings. The summed E-state index contributed by atoms with van der Waals surface area (Å²) < 4.78 is 42.6. The van der Waals surface area contributed by atoms with Crippen LogP contribution in [0.4, 0.5) is 13.2 Å². The van der Waals surface area contributed by atoms with Crippen LogP contribution in [0.5, 0.6) is 5.75 Å². The zero-order valence-electron chi connectivity index (χ0n) is 8.25. The van der Waals surface area contributed by atoms with Crippen LogP contribution in [0, 0.1) is 0 Å². The molecule has 0 atom stereocenters. The minimum Gasteiger partial charge on any atom is -0.485 e. The average Bonchev–Trinajstić information content (AvgIpc) is 2.17. The molecule has 0 unspecified atom stereocenters. The van der Waals surface area contributed by atoms with Crippen LogP contribution in [0.2, 0.25) is 0 Å². The molecular weight excluding hydrogens is 227 g/mol. The van der Waals surface area contributed by atoms with Crippen molar-refractivity contribution >= 4 is 6.29 Å². The largest absolute Gasteiger partial charge is 0.485 e. The second-order valence-corrected chi connectivity index (χ2v) is 2.98. The molecule has 0 bridgehead atoms. The molecule has 1 rings (SSSR count). The maximum atomic E-state index is 12.4. The van der Waals surface area contributed by atoms with Crippen molar-refractivity contribution in [2.75, 3.05) is 6.61 Å². The second kappa shape index (κ2) is 4.38. The molecule has 88 valence electrons. The van der Waals surface area contributed by atoms with Crippen LogP contribution in [0.1, 0.15) is 5.56 Å². The molecule has 4 nitrogen and oxygen atoms in total. The van der Waals surface area contributed by atoms with Crippen molar-refractivity contribution in [3.05, 3.63) is 28.2 Å². The number of hydrogen-bond acceptors (Lipinski definition) is 3. The van der Waals surface area contributed by atoms with E-state index in [2.05, 4.69) is 0 Å². The van der Waals surface area contributed by atoms with Gasteiger partial charge in [0.2, 0.25) is 0 Å². The van der Waals surface area contributed by atoms with Gasteiger partial charge in [-0.15, -0.1) is 0 Å². The number of hydrogen-bond donors (Lipinski definition) is 0. The van der Waals surface area contributed by atoms with Crippen molar-refractivity contribution in [3.8, 4) is 5.75 Å². The number of aldehydes is 1. The number of halogens is 3. The van der Waals surface area contributed by atoms with Gasteiger partial charge in [0.05, 0.1) is 0 Å². The normalized spacial score (nSPS) is 11.2. The van der Waals surface area contributed by atoms with Crippen molar-refractivity contribution in [1.29, 1.82) is 0 Å². The monoisotopic (exact) mass is 235 g/mol. The van der Waals surface area contributed by atoms with Crippen LogP contribution in [-0.4, -0.2) is 17.5 Å². The van der Waals surface area contributed by atoms with E-state index in [4.69, 9.17) is 4.74 Å². The van der Waals surface area contributed by atoms with Gasteiger partial charge in [-0.3, -0.25) is 9.59 Å². The smallest absolute Gasteiger partial charge is 0.421 e. The van der Waals surface area contributed by atoms with E-state index in [0.717, 1.165) is 10.8 Å². The van der Waals surface area contributed by atoms with Gasteiger partial charge in [-0.25, -0.2) is 0 Å². The fourth-order valence-electron chi connectivity index (χ4n) is 1.09. The molecule has 0 aliphatic heterocycles. The van der Waals surface area contributed by atoms with E-state index in [-0.39, 0.29) is 12.4 Å². The third kappa shape index (κ3) is 2.62. The molecule has 1 heterocycles. The Kier molecular flexibility index (Phi) is 3.36. The van der Waals surface area contributed by atoms with Gasteiger partial charge in [0.1, 0.15) is 17.9 Å². The first-order chi connectivity index (χ1) is 7.36. The first kappa shape index (κ1) is 12.3. The molecule has 0 aliphatic rings. The molecule has 1 aromatic rings. The van der Waals surface area contributed by atoms with Crippen molar-refractivity contribution in [2.24, 2.45) is 7.05 Å². The first-order valence-electron chi connectivity index (χ1n) is 4.20.